The molecule has 98 valence electrons. The van der Waals surface area contributed by atoms with Gasteiger partial charge in [0.05, 0.1) is 12.7 Å². The van der Waals surface area contributed by atoms with Crippen LogP contribution in [0.15, 0.2) is 24.3 Å². The summed E-state index contributed by atoms with van der Waals surface area (Å²) >= 11 is 5.59. The second-order valence-corrected chi connectivity index (χ2v) is 3.74. The van der Waals surface area contributed by atoms with Gasteiger partial charge in [-0.2, -0.15) is 13.2 Å². The van der Waals surface area contributed by atoms with Crippen molar-refractivity contribution in [2.45, 2.75) is 11.6 Å². The fraction of sp³-hybridized carbons (Fsp3) is 0.273. The molecule has 1 aromatic rings. The maximum Gasteiger partial charge on any atom is 0.416 e. The van der Waals surface area contributed by atoms with Crippen molar-refractivity contribution in [1.29, 1.82) is 0 Å². The summed E-state index contributed by atoms with van der Waals surface area (Å²) in [5.41, 5.74) is -1.52. The topological polar surface area (TPSA) is 43.4 Å². The summed E-state index contributed by atoms with van der Waals surface area (Å²) in [5.74, 6) is -2.53. The minimum absolute atomic E-state index is 0.470. The van der Waals surface area contributed by atoms with Gasteiger partial charge in [-0.1, -0.05) is 18.2 Å². The van der Waals surface area contributed by atoms with Crippen LogP contribution in [-0.2, 0) is 20.5 Å². The molecular formula is C11H8ClF3O3. The van der Waals surface area contributed by atoms with Crippen molar-refractivity contribution in [3.63, 3.8) is 0 Å². The summed E-state index contributed by atoms with van der Waals surface area (Å²) in [6.07, 6.45) is -4.65. The molecule has 1 aromatic carbocycles. The third-order valence-corrected chi connectivity index (χ3v) is 2.59. The Morgan fingerprint density at radius 2 is 1.83 bits per heavy atom. The molecule has 0 fully saturated rings. The largest absolute Gasteiger partial charge is 0.463 e. The second kappa shape index (κ2) is 5.39. The molecule has 0 amide bonds. The number of carbonyl (C=O) groups excluding carboxylic acids is 2. The molecule has 7 heteroatoms. The maximum absolute atomic E-state index is 12.7. The van der Waals surface area contributed by atoms with Crippen LogP contribution in [-0.4, -0.2) is 18.9 Å². The molecule has 0 aliphatic carbocycles. The molecule has 0 aromatic heterocycles. The van der Waals surface area contributed by atoms with Crippen LogP contribution in [0.5, 0.6) is 0 Å². The van der Waals surface area contributed by atoms with E-state index in [2.05, 4.69) is 4.74 Å². The fourth-order valence-corrected chi connectivity index (χ4v) is 1.60. The van der Waals surface area contributed by atoms with Gasteiger partial charge in [0.2, 0.25) is 0 Å². The van der Waals surface area contributed by atoms with Gasteiger partial charge < -0.3 is 4.74 Å². The molecule has 1 atom stereocenters. The zero-order valence-electron chi connectivity index (χ0n) is 9.12. The first-order valence-corrected chi connectivity index (χ1v) is 5.15. The van der Waals surface area contributed by atoms with Gasteiger partial charge in [0.15, 0.2) is 0 Å². The Morgan fingerprint density at radius 3 is 2.33 bits per heavy atom. The molecule has 3 nitrogen and oxygen atoms in total. The minimum Gasteiger partial charge on any atom is -0.463 e. The Morgan fingerprint density at radius 1 is 1.28 bits per heavy atom. The molecule has 18 heavy (non-hydrogen) atoms. The van der Waals surface area contributed by atoms with E-state index in [4.69, 9.17) is 11.6 Å². The monoisotopic (exact) mass is 280 g/mol. The van der Waals surface area contributed by atoms with Gasteiger partial charge in [-0.3, -0.25) is 4.79 Å². The van der Waals surface area contributed by atoms with Gasteiger partial charge in [0.25, 0.3) is 5.78 Å². The Bertz CT molecular complexity index is 471. The molecule has 0 aliphatic rings. The van der Waals surface area contributed by atoms with Crippen LogP contribution in [0.25, 0.3) is 0 Å². The van der Waals surface area contributed by atoms with Gasteiger partial charge in [0, 0.05) is 0 Å². The SMILES string of the molecule is COC(=O)C(=O)[C@H](Cl)c1ccccc1C(F)(F)F. The van der Waals surface area contributed by atoms with E-state index in [9.17, 15) is 22.8 Å². The number of carbonyl (C=O) groups is 2. The lowest BCUT2D eigenvalue weighted by atomic mass is 10.0. The Balaban J connectivity index is 3.18. The molecule has 1 rings (SSSR count). The highest BCUT2D eigenvalue weighted by Crippen LogP contribution is 2.36. The van der Waals surface area contributed by atoms with E-state index in [-0.39, 0.29) is 0 Å². The number of ketones is 1. The molecule has 0 spiro atoms. The van der Waals surface area contributed by atoms with E-state index < -0.39 is 34.4 Å². The first-order chi connectivity index (χ1) is 8.29. The molecule has 0 saturated heterocycles. The summed E-state index contributed by atoms with van der Waals surface area (Å²) in [6, 6.07) is 4.29. The van der Waals surface area contributed by atoms with Crippen LogP contribution in [0.4, 0.5) is 13.2 Å². The number of ether oxygens (including phenoxy) is 1. The Kier molecular flexibility index (Phi) is 4.34. The number of halogens is 4. The number of rotatable bonds is 3. The number of hydrogen-bond acceptors (Lipinski definition) is 3. The summed E-state index contributed by atoms with van der Waals surface area (Å²) in [7, 11) is 0.944. The van der Waals surface area contributed by atoms with E-state index in [1.807, 2.05) is 0 Å². The Labute approximate surface area is 105 Å². The summed E-state index contributed by atoms with van der Waals surface area (Å²) in [5, 5.41) is -1.73. The van der Waals surface area contributed by atoms with E-state index in [0.29, 0.717) is 0 Å². The number of hydrogen-bond donors (Lipinski definition) is 0. The van der Waals surface area contributed by atoms with E-state index in [1.54, 1.807) is 0 Å². The van der Waals surface area contributed by atoms with Gasteiger partial charge in [0.1, 0.15) is 5.38 Å². The molecular weight excluding hydrogens is 273 g/mol. The zero-order valence-corrected chi connectivity index (χ0v) is 9.88. The van der Waals surface area contributed by atoms with Crippen LogP contribution in [0, 0.1) is 0 Å². The van der Waals surface area contributed by atoms with Crippen molar-refractivity contribution < 1.29 is 27.5 Å². The number of methoxy groups -OCH3 is 1. The molecule has 0 saturated carbocycles. The quantitative estimate of drug-likeness (QED) is 0.486. The third-order valence-electron chi connectivity index (χ3n) is 2.16. The molecule has 0 N–H and O–H groups in total. The molecule has 0 radical (unpaired) electrons. The van der Waals surface area contributed by atoms with Gasteiger partial charge >= 0.3 is 12.1 Å². The van der Waals surface area contributed by atoms with E-state index in [0.717, 1.165) is 19.2 Å². The van der Waals surface area contributed by atoms with Crippen LogP contribution in [0.1, 0.15) is 16.5 Å². The number of benzene rings is 1. The smallest absolute Gasteiger partial charge is 0.416 e. The van der Waals surface area contributed by atoms with Crippen molar-refractivity contribution in [3.8, 4) is 0 Å². The summed E-state index contributed by atoms with van der Waals surface area (Å²) in [6.45, 7) is 0. The minimum atomic E-state index is -4.65. The number of esters is 1. The van der Waals surface area contributed by atoms with Crippen molar-refractivity contribution >= 4 is 23.4 Å². The average Bonchev–Trinajstić information content (AvgIpc) is 2.35. The van der Waals surface area contributed by atoms with Crippen LogP contribution < -0.4 is 0 Å². The fourth-order valence-electron chi connectivity index (χ4n) is 1.32. The molecule has 0 aliphatic heterocycles. The predicted octanol–water partition coefficient (Wildman–Crippen LogP) is 2.73. The lowest BCUT2D eigenvalue weighted by Gasteiger charge is -2.15. The van der Waals surface area contributed by atoms with Crippen LogP contribution in [0.2, 0.25) is 0 Å². The highest BCUT2D eigenvalue weighted by molar-refractivity contribution is 6.47. The zero-order chi connectivity index (χ0) is 13.9. The highest BCUT2D eigenvalue weighted by Gasteiger charge is 2.37. The lowest BCUT2D eigenvalue weighted by Crippen LogP contribution is -2.22. The van der Waals surface area contributed by atoms with E-state index in [1.165, 1.54) is 12.1 Å². The molecule has 0 bridgehead atoms. The van der Waals surface area contributed by atoms with Gasteiger partial charge in [-0.25, -0.2) is 4.79 Å². The van der Waals surface area contributed by atoms with Crippen molar-refractivity contribution in [1.82, 2.24) is 0 Å². The summed E-state index contributed by atoms with van der Waals surface area (Å²) in [4.78, 5) is 22.3. The molecule has 0 heterocycles. The summed E-state index contributed by atoms with van der Waals surface area (Å²) < 4.78 is 42.1. The number of Topliss-reactive ketones (excluding diaryl/α,β-unsaturated/α-hetero) is 1. The molecule has 0 unspecified atom stereocenters. The lowest BCUT2D eigenvalue weighted by molar-refractivity contribution is -0.151. The standard InChI is InChI=1S/C11H8ClF3O3/c1-18-10(17)9(16)8(12)6-4-2-3-5-7(6)11(13,14)15/h2-5,8H,1H3/t8-/m1/s1. The maximum atomic E-state index is 12.7. The van der Waals surface area contributed by atoms with Gasteiger partial charge in [-0.05, 0) is 11.6 Å². The number of alkyl halides is 4. The average molecular weight is 281 g/mol. The van der Waals surface area contributed by atoms with Crippen molar-refractivity contribution in [2.75, 3.05) is 7.11 Å². The predicted molar refractivity (Wildman–Crippen MR) is 57.1 cm³/mol. The Hall–Kier alpha value is -1.56. The van der Waals surface area contributed by atoms with Crippen LogP contribution >= 0.6 is 11.6 Å². The van der Waals surface area contributed by atoms with Crippen molar-refractivity contribution in [2.24, 2.45) is 0 Å². The van der Waals surface area contributed by atoms with Crippen LogP contribution in [0.3, 0.4) is 0 Å². The third kappa shape index (κ3) is 3.01. The highest BCUT2D eigenvalue weighted by atomic mass is 35.5. The second-order valence-electron chi connectivity index (χ2n) is 3.30. The van der Waals surface area contributed by atoms with E-state index >= 15 is 0 Å². The first-order valence-electron chi connectivity index (χ1n) is 4.71. The first kappa shape index (κ1) is 14.5. The van der Waals surface area contributed by atoms with Gasteiger partial charge in [-0.15, -0.1) is 11.6 Å². The van der Waals surface area contributed by atoms with Crippen molar-refractivity contribution in [3.05, 3.63) is 35.4 Å². The normalized spacial score (nSPS) is 12.9.